The first-order valence-electron chi connectivity index (χ1n) is 16.4. The topological polar surface area (TPSA) is 81.7 Å². The van der Waals surface area contributed by atoms with Gasteiger partial charge in [0.2, 0.25) is 0 Å². The van der Waals surface area contributed by atoms with Crippen molar-refractivity contribution in [3.8, 4) is 0 Å². The molecule has 0 aliphatic heterocycles. The lowest BCUT2D eigenvalue weighted by Gasteiger charge is -2.32. The molecule has 42 heavy (non-hydrogen) atoms. The van der Waals surface area contributed by atoms with Crippen LogP contribution < -0.4 is 0 Å². The third-order valence-electron chi connectivity index (χ3n) is 6.82. The summed E-state index contributed by atoms with van der Waals surface area (Å²) in [5, 5.41) is 0.493. The zero-order valence-electron chi connectivity index (χ0n) is 27.7. The summed E-state index contributed by atoms with van der Waals surface area (Å²) in [6, 6.07) is 1.41. The maximum atomic E-state index is 11.4. The summed E-state index contributed by atoms with van der Waals surface area (Å²) in [5.74, 6) is 0.444. The lowest BCUT2D eigenvalue weighted by Crippen LogP contribution is -2.49. The van der Waals surface area contributed by atoms with Gasteiger partial charge in [0.25, 0.3) is 0 Å². The van der Waals surface area contributed by atoms with Gasteiger partial charge in [-0.1, -0.05) is 45.4 Å². The molecule has 0 rings (SSSR count). The van der Waals surface area contributed by atoms with Crippen molar-refractivity contribution in [3.63, 3.8) is 0 Å². The maximum Gasteiger partial charge on any atom is 0.504 e. The van der Waals surface area contributed by atoms with Crippen molar-refractivity contribution < 1.29 is 36.1 Å². The lowest BCUT2D eigenvalue weighted by molar-refractivity contribution is -0.110. The van der Waals surface area contributed by atoms with E-state index in [9.17, 15) is 4.79 Å². The molecular weight excluding hydrogens is 609 g/mol. The molecule has 2 atom stereocenters. The fourth-order valence-corrected chi connectivity index (χ4v) is 11.1. The van der Waals surface area contributed by atoms with E-state index in [0.717, 1.165) is 25.3 Å². The monoisotopic (exact) mass is 670 g/mol. The van der Waals surface area contributed by atoms with Crippen LogP contribution in [0.2, 0.25) is 12.1 Å². The van der Waals surface area contributed by atoms with Gasteiger partial charge in [-0.3, -0.25) is 4.79 Å². The number of thiocarbonyl (C=S) groups is 1. The van der Waals surface area contributed by atoms with Crippen LogP contribution in [0.1, 0.15) is 119 Å². The predicted octanol–water partition coefficient (Wildman–Crippen LogP) is 8.18. The molecule has 0 spiro atoms. The molecule has 8 nitrogen and oxygen atoms in total. The minimum Gasteiger partial charge on any atom is -0.484 e. The number of rotatable bonds is 30. The van der Waals surface area contributed by atoms with Crippen LogP contribution in [0, 0.1) is 5.92 Å². The van der Waals surface area contributed by atoms with Gasteiger partial charge in [0, 0.05) is 58.5 Å². The van der Waals surface area contributed by atoms with E-state index in [2.05, 4.69) is 19.6 Å². The fraction of sp³-hybridized carbons (Fsp3) is 0.933. The van der Waals surface area contributed by atoms with Crippen LogP contribution in [-0.2, 0) is 36.1 Å². The van der Waals surface area contributed by atoms with E-state index in [4.69, 9.17) is 43.5 Å². The third kappa shape index (κ3) is 20.2. The van der Waals surface area contributed by atoms with Crippen LogP contribution in [0.15, 0.2) is 0 Å². The lowest BCUT2D eigenvalue weighted by atomic mass is 9.99. The van der Waals surface area contributed by atoms with Crippen LogP contribution in [0.4, 0.5) is 0 Å². The summed E-state index contributed by atoms with van der Waals surface area (Å²) < 4.78 is 42.4. The van der Waals surface area contributed by atoms with Crippen molar-refractivity contribution >= 4 is 52.6 Å². The molecule has 0 saturated carbocycles. The second-order valence-corrected chi connectivity index (χ2v) is 16.9. The number of thiol groups is 1. The van der Waals surface area contributed by atoms with Crippen molar-refractivity contribution in [1.29, 1.82) is 0 Å². The van der Waals surface area contributed by atoms with Crippen LogP contribution in [-0.4, -0.2) is 73.5 Å². The Hall–Kier alpha value is 0.104. The second-order valence-electron chi connectivity index (χ2n) is 10.5. The van der Waals surface area contributed by atoms with Gasteiger partial charge >= 0.3 is 17.6 Å². The van der Waals surface area contributed by atoms with Crippen molar-refractivity contribution in [2.45, 2.75) is 137 Å². The molecule has 0 aromatic carbocycles. The Morgan fingerprint density at radius 1 is 0.667 bits per heavy atom. The number of hydrogen-bond donors (Lipinski definition) is 1. The molecule has 250 valence electrons. The van der Waals surface area contributed by atoms with Gasteiger partial charge in [-0.05, 0) is 78.9 Å². The highest BCUT2D eigenvalue weighted by Crippen LogP contribution is 2.26. The average molecular weight is 671 g/mol. The average Bonchev–Trinajstić information content (AvgIpc) is 2.90. The molecule has 0 aromatic heterocycles. The maximum absolute atomic E-state index is 11.4. The molecule has 2 unspecified atom stereocenters. The largest absolute Gasteiger partial charge is 0.504 e. The van der Waals surface area contributed by atoms with Crippen LogP contribution in [0.3, 0.4) is 0 Å². The van der Waals surface area contributed by atoms with Crippen molar-refractivity contribution in [3.05, 3.63) is 0 Å². The highest BCUT2D eigenvalue weighted by molar-refractivity contribution is 7.96. The molecule has 0 amide bonds. The van der Waals surface area contributed by atoms with Crippen molar-refractivity contribution in [2.75, 3.05) is 39.6 Å². The quantitative estimate of drug-likeness (QED) is 0.0352. The smallest absolute Gasteiger partial charge is 0.484 e. The van der Waals surface area contributed by atoms with Crippen LogP contribution in [0.25, 0.3) is 0 Å². The van der Waals surface area contributed by atoms with E-state index >= 15 is 0 Å². The fourth-order valence-electron chi connectivity index (χ4n) is 5.09. The Balaban J connectivity index is 4.64. The van der Waals surface area contributed by atoms with E-state index < -0.39 is 17.6 Å². The van der Waals surface area contributed by atoms with E-state index in [0.29, 0.717) is 75.9 Å². The summed E-state index contributed by atoms with van der Waals surface area (Å²) in [7, 11) is -5.43. The number of unbranched alkanes of at least 4 members (excludes halogenated alkanes) is 5. The highest BCUT2D eigenvalue weighted by Gasteiger charge is 2.44. The molecule has 0 fully saturated rings. The van der Waals surface area contributed by atoms with Gasteiger partial charge < -0.3 is 31.3 Å². The standard InChI is InChI=1S/C30H62O8S2Si2/c1-8-32-41(33-9-2,34-10-3)24-19-17-15-14-16-18-21-27(7)25-30(40)38-28(22-20-23-29(31)39)26-42(35-11-4,36-12-5)37-13-6/h27-28H,8-26H2,1-7H3,(H,31,39). The molecule has 0 N–H and O–H groups in total. The summed E-state index contributed by atoms with van der Waals surface area (Å²) in [4.78, 5) is 11.4. The Kier molecular flexibility index (Phi) is 26.4. The van der Waals surface area contributed by atoms with Crippen LogP contribution >= 0.6 is 24.8 Å². The number of carbonyl (C=O) groups excluding carboxylic acids is 1. The molecule has 0 aromatic rings. The number of ether oxygens (including phenoxy) is 1. The van der Waals surface area contributed by atoms with Gasteiger partial charge in [-0.15, -0.1) is 12.6 Å². The SMILES string of the molecule is CCO[Si](CCCCCCCCC(C)CC(=S)OC(CCCC(=O)S)C[Si](OCC)(OCC)OCC)(OCC)OCC. The Morgan fingerprint density at radius 3 is 1.60 bits per heavy atom. The van der Waals surface area contributed by atoms with E-state index in [-0.39, 0.29) is 11.2 Å². The first kappa shape index (κ1) is 42.1. The Morgan fingerprint density at radius 2 is 1.12 bits per heavy atom. The second kappa shape index (κ2) is 26.3. The Labute approximate surface area is 270 Å². The predicted molar refractivity (Wildman–Crippen MR) is 182 cm³/mol. The molecule has 0 aliphatic carbocycles. The first-order chi connectivity index (χ1) is 20.1. The zero-order chi connectivity index (χ0) is 31.7. The van der Waals surface area contributed by atoms with Crippen LogP contribution in [0.5, 0.6) is 0 Å². The summed E-state index contributed by atoms with van der Waals surface area (Å²) in [6.45, 7) is 17.5. The van der Waals surface area contributed by atoms with Gasteiger partial charge in [0.1, 0.15) is 6.10 Å². The van der Waals surface area contributed by atoms with E-state index in [1.54, 1.807) is 0 Å². The molecule has 0 heterocycles. The summed E-state index contributed by atoms with van der Waals surface area (Å²) in [5.41, 5.74) is 0. The number of hydrogen-bond acceptors (Lipinski definition) is 9. The normalized spacial score (nSPS) is 13.7. The minimum absolute atomic E-state index is 0.121. The van der Waals surface area contributed by atoms with Gasteiger partial charge in [-0.2, -0.15) is 0 Å². The summed E-state index contributed by atoms with van der Waals surface area (Å²) >= 11 is 9.60. The van der Waals surface area contributed by atoms with Gasteiger partial charge in [0.15, 0.2) is 10.2 Å². The third-order valence-corrected chi connectivity index (χ3v) is 13.6. The molecular formula is C30H62O8S2Si2. The van der Waals surface area contributed by atoms with Crippen molar-refractivity contribution in [2.24, 2.45) is 5.92 Å². The van der Waals surface area contributed by atoms with Gasteiger partial charge in [0.05, 0.1) is 6.04 Å². The molecule has 0 radical (unpaired) electrons. The summed E-state index contributed by atoms with van der Waals surface area (Å²) in [6.07, 6.45) is 10.5. The first-order valence-corrected chi connectivity index (χ1v) is 21.1. The Bertz CT molecular complexity index is 656. The zero-order valence-corrected chi connectivity index (χ0v) is 31.4. The molecule has 0 aliphatic rings. The van der Waals surface area contributed by atoms with E-state index in [1.807, 2.05) is 41.5 Å². The molecule has 0 bridgehead atoms. The van der Waals surface area contributed by atoms with E-state index in [1.165, 1.54) is 32.1 Å². The van der Waals surface area contributed by atoms with Crippen molar-refractivity contribution in [1.82, 2.24) is 0 Å². The number of carbonyl (C=O) groups is 1. The molecule has 12 heteroatoms. The highest BCUT2D eigenvalue weighted by atomic mass is 32.1. The van der Waals surface area contributed by atoms with Gasteiger partial charge in [-0.25, -0.2) is 0 Å². The molecule has 0 saturated heterocycles. The minimum atomic E-state index is -2.91.